The molecule has 1 heterocycles. The third-order valence-electron chi connectivity index (χ3n) is 7.12. The fraction of sp³-hybridized carbons (Fsp3) is 0.520. The van der Waals surface area contributed by atoms with E-state index in [4.69, 9.17) is 4.98 Å². The Morgan fingerprint density at radius 2 is 1.48 bits per heavy atom. The smallest absolute Gasteiger partial charge is 0.161 e. The van der Waals surface area contributed by atoms with Crippen LogP contribution in [0.5, 0.6) is 0 Å². The van der Waals surface area contributed by atoms with Crippen molar-refractivity contribution in [2.75, 3.05) is 0 Å². The summed E-state index contributed by atoms with van der Waals surface area (Å²) in [5.41, 5.74) is 8.17. The van der Waals surface area contributed by atoms with Crippen LogP contribution in [0, 0.1) is 6.92 Å². The Kier molecular flexibility index (Phi) is 3.93. The molecule has 0 amide bonds. The highest BCUT2D eigenvalue weighted by Crippen LogP contribution is 2.56. The highest BCUT2D eigenvalue weighted by atomic mass is 16.1. The maximum Gasteiger partial charge on any atom is 0.161 e. The lowest BCUT2D eigenvalue weighted by Gasteiger charge is -2.43. The van der Waals surface area contributed by atoms with Crippen LogP contribution in [0.4, 0.5) is 0 Å². The minimum absolute atomic E-state index is 0.0338. The Morgan fingerprint density at radius 3 is 1.96 bits per heavy atom. The fourth-order valence-electron chi connectivity index (χ4n) is 4.91. The number of hydrogen-bond acceptors (Lipinski definition) is 2. The Hall–Kier alpha value is -1.96. The average molecular weight is 362 g/mol. The van der Waals surface area contributed by atoms with E-state index in [0.29, 0.717) is 5.56 Å². The van der Waals surface area contributed by atoms with Crippen molar-refractivity contribution in [1.82, 2.24) is 4.98 Å². The molecule has 1 aromatic heterocycles. The molecule has 2 aromatic rings. The Bertz CT molecular complexity index is 914. The number of ketones is 1. The lowest BCUT2D eigenvalue weighted by Crippen LogP contribution is -2.34. The van der Waals surface area contributed by atoms with E-state index >= 15 is 0 Å². The molecule has 2 heteroatoms. The van der Waals surface area contributed by atoms with Gasteiger partial charge in [0, 0.05) is 17.2 Å². The summed E-state index contributed by atoms with van der Waals surface area (Å²) >= 11 is 0. The minimum atomic E-state index is 0.0338. The van der Waals surface area contributed by atoms with E-state index in [-0.39, 0.29) is 22.0 Å². The molecular formula is C25H31NO. The number of hydrogen-bond donors (Lipinski definition) is 0. The van der Waals surface area contributed by atoms with E-state index in [9.17, 15) is 4.79 Å². The Balaban J connectivity index is 1.84. The number of rotatable bonds is 3. The van der Waals surface area contributed by atoms with Gasteiger partial charge >= 0.3 is 0 Å². The highest BCUT2D eigenvalue weighted by molar-refractivity contribution is 5.93. The number of nitrogens with zero attached hydrogens (tertiary/aromatic N) is 1. The number of carbonyl (C=O) groups excluding carboxylic acids is 1. The second-order valence-electron chi connectivity index (χ2n) is 10.1. The molecule has 2 nitrogen and oxygen atoms in total. The van der Waals surface area contributed by atoms with Gasteiger partial charge in [0.25, 0.3) is 0 Å². The van der Waals surface area contributed by atoms with Gasteiger partial charge in [-0.15, -0.1) is 0 Å². The molecule has 0 spiro atoms. The molecule has 0 N–H and O–H groups in total. The van der Waals surface area contributed by atoms with Crippen LogP contribution in [-0.2, 0) is 16.2 Å². The van der Waals surface area contributed by atoms with Gasteiger partial charge in [0.1, 0.15) is 0 Å². The summed E-state index contributed by atoms with van der Waals surface area (Å²) in [6.07, 6.45) is 6.50. The van der Waals surface area contributed by atoms with Crippen LogP contribution >= 0.6 is 0 Å². The number of pyridine rings is 1. The third-order valence-corrected chi connectivity index (χ3v) is 7.12. The first-order valence-corrected chi connectivity index (χ1v) is 10.2. The first-order chi connectivity index (χ1) is 12.6. The zero-order valence-corrected chi connectivity index (χ0v) is 17.6. The summed E-state index contributed by atoms with van der Waals surface area (Å²) in [5, 5.41) is 0. The van der Waals surface area contributed by atoms with Gasteiger partial charge in [-0.25, -0.2) is 0 Å². The molecule has 0 bridgehead atoms. The Morgan fingerprint density at radius 1 is 0.889 bits per heavy atom. The topological polar surface area (TPSA) is 30.0 Å². The molecular weight excluding hydrogens is 330 g/mol. The van der Waals surface area contributed by atoms with Gasteiger partial charge < -0.3 is 0 Å². The van der Waals surface area contributed by atoms with Crippen molar-refractivity contribution < 1.29 is 4.79 Å². The molecule has 1 saturated carbocycles. The first kappa shape index (κ1) is 18.4. The average Bonchev–Trinajstić information content (AvgIpc) is 3.40. The van der Waals surface area contributed by atoms with Crippen LogP contribution < -0.4 is 0 Å². The summed E-state index contributed by atoms with van der Waals surface area (Å²) < 4.78 is 0. The van der Waals surface area contributed by atoms with Crippen LogP contribution in [0.1, 0.15) is 98.6 Å². The van der Waals surface area contributed by atoms with Crippen molar-refractivity contribution in [1.29, 1.82) is 0 Å². The van der Waals surface area contributed by atoms with Crippen molar-refractivity contribution in [2.45, 2.75) is 83.5 Å². The van der Waals surface area contributed by atoms with Crippen LogP contribution in [0.15, 0.2) is 30.5 Å². The van der Waals surface area contributed by atoms with Crippen LogP contribution in [0.25, 0.3) is 0 Å². The maximum absolute atomic E-state index is 11.6. The number of fused-ring (bicyclic) bond motifs is 1. The van der Waals surface area contributed by atoms with E-state index in [1.807, 2.05) is 6.07 Å². The number of aromatic nitrogens is 1. The number of aryl methyl sites for hydroxylation is 1. The van der Waals surface area contributed by atoms with Crippen molar-refractivity contribution in [3.63, 3.8) is 0 Å². The standard InChI is InChI=1S/C25H31NO/c1-16-13-20-21(24(5,6)10-9-23(20,3)4)14-19(16)25(11-12-25)22-8-7-18(15-26-22)17(2)27/h7-8,13-15H,9-12H2,1-6H3. The molecule has 0 saturated heterocycles. The molecule has 0 unspecified atom stereocenters. The molecule has 27 heavy (non-hydrogen) atoms. The molecule has 0 aliphatic heterocycles. The van der Waals surface area contributed by atoms with Crippen LogP contribution in [-0.4, -0.2) is 10.8 Å². The molecule has 4 rings (SSSR count). The molecule has 2 aliphatic carbocycles. The van der Waals surface area contributed by atoms with E-state index in [1.165, 1.54) is 35.1 Å². The molecule has 0 radical (unpaired) electrons. The zero-order chi connectivity index (χ0) is 19.6. The summed E-state index contributed by atoms with van der Waals surface area (Å²) in [7, 11) is 0. The highest BCUT2D eigenvalue weighted by Gasteiger charge is 2.49. The normalized spacial score (nSPS) is 21.4. The molecule has 142 valence electrons. The zero-order valence-electron chi connectivity index (χ0n) is 17.6. The number of benzene rings is 1. The van der Waals surface area contributed by atoms with Crippen LogP contribution in [0.3, 0.4) is 0 Å². The molecule has 1 fully saturated rings. The van der Waals surface area contributed by atoms with Crippen molar-refractivity contribution >= 4 is 5.78 Å². The van der Waals surface area contributed by atoms with Crippen molar-refractivity contribution in [3.05, 3.63) is 64.0 Å². The predicted octanol–water partition coefficient (Wildman–Crippen LogP) is 6.02. The van der Waals surface area contributed by atoms with Gasteiger partial charge in [0.05, 0.1) is 5.69 Å². The third kappa shape index (κ3) is 2.85. The molecule has 1 aromatic carbocycles. The largest absolute Gasteiger partial charge is 0.294 e. The van der Waals surface area contributed by atoms with Gasteiger partial charge in [-0.1, -0.05) is 39.8 Å². The number of carbonyl (C=O) groups is 1. The predicted molar refractivity (Wildman–Crippen MR) is 111 cm³/mol. The van der Waals surface area contributed by atoms with Crippen LogP contribution in [0.2, 0.25) is 0 Å². The lowest BCUT2D eigenvalue weighted by molar-refractivity contribution is 0.101. The molecule has 2 aliphatic rings. The lowest BCUT2D eigenvalue weighted by atomic mass is 9.62. The number of Topliss-reactive ketones (excluding diaryl/α,β-unsaturated/α-hetero) is 1. The maximum atomic E-state index is 11.6. The SMILES string of the molecule is CC(=O)c1ccc(C2(c3cc4c(cc3C)C(C)(C)CCC4(C)C)CC2)nc1. The van der Waals surface area contributed by atoms with Gasteiger partial charge in [0.15, 0.2) is 5.78 Å². The minimum Gasteiger partial charge on any atom is -0.294 e. The van der Waals surface area contributed by atoms with E-state index < -0.39 is 0 Å². The van der Waals surface area contributed by atoms with Gasteiger partial charge in [-0.05, 0) is 84.7 Å². The second-order valence-corrected chi connectivity index (χ2v) is 10.1. The van der Waals surface area contributed by atoms with E-state index in [0.717, 1.165) is 18.5 Å². The first-order valence-electron chi connectivity index (χ1n) is 10.2. The van der Waals surface area contributed by atoms with E-state index in [2.05, 4.69) is 52.8 Å². The fourth-order valence-corrected chi connectivity index (χ4v) is 4.91. The summed E-state index contributed by atoms with van der Waals surface area (Å²) in [4.78, 5) is 16.3. The van der Waals surface area contributed by atoms with Gasteiger partial charge in [0.2, 0.25) is 0 Å². The van der Waals surface area contributed by atoms with Crippen molar-refractivity contribution in [3.8, 4) is 0 Å². The summed E-state index contributed by atoms with van der Waals surface area (Å²) in [6.45, 7) is 13.4. The van der Waals surface area contributed by atoms with Gasteiger partial charge in [-0.2, -0.15) is 0 Å². The summed E-state index contributed by atoms with van der Waals surface area (Å²) in [5.74, 6) is 0.0767. The van der Waals surface area contributed by atoms with Gasteiger partial charge in [-0.3, -0.25) is 9.78 Å². The Labute approximate surface area is 163 Å². The summed E-state index contributed by atoms with van der Waals surface area (Å²) in [6, 6.07) is 8.96. The molecule has 0 atom stereocenters. The van der Waals surface area contributed by atoms with E-state index in [1.54, 1.807) is 13.1 Å². The second kappa shape index (κ2) is 5.77. The quantitative estimate of drug-likeness (QED) is 0.626. The monoisotopic (exact) mass is 361 g/mol. The van der Waals surface area contributed by atoms with Crippen molar-refractivity contribution in [2.24, 2.45) is 0 Å².